The normalized spacial score (nSPS) is 14.3. The number of amides is 1. The van der Waals surface area contributed by atoms with E-state index in [0.29, 0.717) is 22.5 Å². The number of hydrogen-bond acceptors (Lipinski definition) is 4. The molecule has 1 aliphatic carbocycles. The van der Waals surface area contributed by atoms with Gasteiger partial charge in [-0.3, -0.25) is 14.1 Å². The number of nitrogens with one attached hydrogen (secondary N) is 3. The molecular weight excluding hydrogens is 464 g/mol. The van der Waals surface area contributed by atoms with Gasteiger partial charge in [-0.25, -0.2) is 13.2 Å². The van der Waals surface area contributed by atoms with Crippen LogP contribution in [-0.2, 0) is 10.0 Å². The number of nitrogens with zero attached hydrogens (tertiary/aromatic N) is 1. The highest BCUT2D eigenvalue weighted by Gasteiger charge is 2.22. The number of hydrogen-bond donors (Lipinski definition) is 3. The Hall–Kier alpha value is -3.85. The molecule has 35 heavy (non-hydrogen) atoms. The molecule has 0 atom stereocenters. The first-order valence-electron chi connectivity index (χ1n) is 11.6. The van der Waals surface area contributed by atoms with Crippen molar-refractivity contribution in [2.75, 3.05) is 10.0 Å². The number of rotatable bonds is 6. The SMILES string of the molecule is Cc1ccc(NC(=O)c2ccc3c(c2)[nH]c(=O)n3C2CCCC2)cc1NS(=O)(=O)c1ccccc1. The number of benzene rings is 3. The Morgan fingerprint density at radius 3 is 2.49 bits per heavy atom. The van der Waals surface area contributed by atoms with E-state index >= 15 is 0 Å². The van der Waals surface area contributed by atoms with Crippen molar-refractivity contribution in [1.29, 1.82) is 0 Å². The molecule has 9 heteroatoms. The average molecular weight is 491 g/mol. The molecule has 0 bridgehead atoms. The van der Waals surface area contributed by atoms with Gasteiger partial charge in [0, 0.05) is 17.3 Å². The van der Waals surface area contributed by atoms with Gasteiger partial charge >= 0.3 is 5.69 Å². The molecule has 0 spiro atoms. The van der Waals surface area contributed by atoms with Gasteiger partial charge in [0.1, 0.15) is 0 Å². The molecule has 0 aliphatic heterocycles. The molecule has 1 amide bonds. The quantitative estimate of drug-likeness (QED) is 0.360. The lowest BCUT2D eigenvalue weighted by molar-refractivity contribution is 0.102. The number of aromatic nitrogens is 2. The van der Waals surface area contributed by atoms with Gasteiger partial charge in [0.05, 0.1) is 21.6 Å². The summed E-state index contributed by atoms with van der Waals surface area (Å²) in [5.41, 5.74) is 3.20. The molecule has 3 N–H and O–H groups in total. The zero-order valence-electron chi connectivity index (χ0n) is 19.2. The van der Waals surface area contributed by atoms with Gasteiger partial charge in [-0.1, -0.05) is 37.1 Å². The summed E-state index contributed by atoms with van der Waals surface area (Å²) in [4.78, 5) is 28.5. The number of sulfonamides is 1. The molecule has 1 saturated carbocycles. The van der Waals surface area contributed by atoms with Crippen LogP contribution in [-0.4, -0.2) is 23.9 Å². The summed E-state index contributed by atoms with van der Waals surface area (Å²) in [6.45, 7) is 1.79. The fourth-order valence-electron chi connectivity index (χ4n) is 4.61. The van der Waals surface area contributed by atoms with Crippen molar-refractivity contribution < 1.29 is 13.2 Å². The summed E-state index contributed by atoms with van der Waals surface area (Å²) in [7, 11) is -3.77. The van der Waals surface area contributed by atoms with Gasteiger partial charge < -0.3 is 10.3 Å². The molecule has 0 radical (unpaired) electrons. The fraction of sp³-hybridized carbons (Fsp3) is 0.231. The first kappa shape index (κ1) is 22.9. The Kier molecular flexibility index (Phi) is 5.94. The van der Waals surface area contributed by atoms with Gasteiger partial charge in [-0.05, 0) is 67.8 Å². The highest BCUT2D eigenvalue weighted by Crippen LogP contribution is 2.31. The number of imidazole rings is 1. The Balaban J connectivity index is 1.38. The van der Waals surface area contributed by atoms with Crippen LogP contribution in [0.2, 0.25) is 0 Å². The first-order valence-corrected chi connectivity index (χ1v) is 13.0. The van der Waals surface area contributed by atoms with Crippen LogP contribution in [0.3, 0.4) is 0 Å². The Morgan fingerprint density at radius 2 is 1.74 bits per heavy atom. The summed E-state index contributed by atoms with van der Waals surface area (Å²) in [6, 6.07) is 18.5. The third-order valence-electron chi connectivity index (χ3n) is 6.46. The van der Waals surface area contributed by atoms with E-state index in [1.165, 1.54) is 12.1 Å². The van der Waals surface area contributed by atoms with E-state index in [2.05, 4.69) is 15.0 Å². The number of aryl methyl sites for hydroxylation is 1. The lowest BCUT2D eigenvalue weighted by Gasteiger charge is -2.13. The van der Waals surface area contributed by atoms with Crippen LogP contribution >= 0.6 is 0 Å². The maximum Gasteiger partial charge on any atom is 0.326 e. The zero-order chi connectivity index (χ0) is 24.6. The molecule has 0 saturated heterocycles. The first-order chi connectivity index (χ1) is 16.8. The zero-order valence-corrected chi connectivity index (χ0v) is 20.1. The molecule has 180 valence electrons. The Labute approximate surface area is 203 Å². The molecule has 1 fully saturated rings. The van der Waals surface area contributed by atoms with Crippen molar-refractivity contribution in [1.82, 2.24) is 9.55 Å². The molecule has 1 aliphatic rings. The summed E-state index contributed by atoms with van der Waals surface area (Å²) in [5.74, 6) is -0.359. The molecule has 3 aromatic carbocycles. The third kappa shape index (κ3) is 4.59. The molecule has 5 rings (SSSR count). The minimum atomic E-state index is -3.77. The minimum Gasteiger partial charge on any atom is -0.322 e. The monoisotopic (exact) mass is 490 g/mol. The third-order valence-corrected chi connectivity index (χ3v) is 7.84. The highest BCUT2D eigenvalue weighted by molar-refractivity contribution is 7.92. The molecule has 0 unspecified atom stereocenters. The van der Waals surface area contributed by atoms with Crippen molar-refractivity contribution in [3.63, 3.8) is 0 Å². The predicted molar refractivity (Wildman–Crippen MR) is 136 cm³/mol. The van der Waals surface area contributed by atoms with Crippen LogP contribution in [0.25, 0.3) is 11.0 Å². The number of carbonyl (C=O) groups excluding carboxylic acids is 1. The van der Waals surface area contributed by atoms with Crippen molar-refractivity contribution in [3.05, 3.63) is 88.3 Å². The van der Waals surface area contributed by atoms with Crippen LogP contribution in [0.5, 0.6) is 0 Å². The largest absolute Gasteiger partial charge is 0.326 e. The number of fused-ring (bicyclic) bond motifs is 1. The summed E-state index contributed by atoms with van der Waals surface area (Å²) in [5, 5.41) is 2.82. The standard InChI is InChI=1S/C26H26N4O4S/c1-17-11-13-19(16-22(17)29-35(33,34)21-9-3-2-4-10-21)27-25(31)18-12-14-24-23(15-18)28-26(32)30(24)20-7-5-6-8-20/h2-4,9-16,20,29H,5-8H2,1H3,(H,27,31)(H,28,32). The average Bonchev–Trinajstić information content (AvgIpc) is 3.48. The van der Waals surface area contributed by atoms with Crippen LogP contribution in [0.4, 0.5) is 11.4 Å². The van der Waals surface area contributed by atoms with Gasteiger partial charge in [0.2, 0.25) is 0 Å². The fourth-order valence-corrected chi connectivity index (χ4v) is 5.76. The topological polar surface area (TPSA) is 113 Å². The second-order valence-corrected chi connectivity index (χ2v) is 10.6. The summed E-state index contributed by atoms with van der Waals surface area (Å²) >= 11 is 0. The highest BCUT2D eigenvalue weighted by atomic mass is 32.2. The Bertz CT molecular complexity index is 1570. The number of aromatic amines is 1. The van der Waals surface area contributed by atoms with Gasteiger partial charge in [0.15, 0.2) is 0 Å². The van der Waals surface area contributed by atoms with Crippen LogP contribution < -0.4 is 15.7 Å². The van der Waals surface area contributed by atoms with Crippen LogP contribution in [0, 0.1) is 6.92 Å². The molecule has 1 aromatic heterocycles. The van der Waals surface area contributed by atoms with Gasteiger partial charge in [-0.15, -0.1) is 0 Å². The Morgan fingerprint density at radius 1 is 1.00 bits per heavy atom. The maximum atomic E-state index is 13.0. The number of anilines is 2. The second-order valence-electron chi connectivity index (χ2n) is 8.87. The van der Waals surface area contributed by atoms with E-state index in [1.54, 1.807) is 66.1 Å². The number of carbonyl (C=O) groups is 1. The van der Waals surface area contributed by atoms with Crippen molar-refractivity contribution in [2.24, 2.45) is 0 Å². The lowest BCUT2D eigenvalue weighted by Crippen LogP contribution is -2.20. The smallest absolute Gasteiger partial charge is 0.322 e. The molecule has 1 heterocycles. The molecule has 4 aromatic rings. The summed E-state index contributed by atoms with van der Waals surface area (Å²) < 4.78 is 29.9. The van der Waals surface area contributed by atoms with Crippen molar-refractivity contribution in [3.8, 4) is 0 Å². The second kappa shape index (κ2) is 9.07. The molecular formula is C26H26N4O4S. The maximum absolute atomic E-state index is 13.0. The van der Waals surface area contributed by atoms with E-state index in [-0.39, 0.29) is 22.5 Å². The predicted octanol–water partition coefficient (Wildman–Crippen LogP) is 4.81. The minimum absolute atomic E-state index is 0.153. The van der Waals surface area contributed by atoms with Crippen LogP contribution in [0.1, 0.15) is 47.6 Å². The van der Waals surface area contributed by atoms with E-state index in [9.17, 15) is 18.0 Å². The van der Waals surface area contributed by atoms with E-state index < -0.39 is 10.0 Å². The van der Waals surface area contributed by atoms with Crippen molar-refractivity contribution >= 4 is 38.3 Å². The van der Waals surface area contributed by atoms with E-state index in [0.717, 1.165) is 36.8 Å². The van der Waals surface area contributed by atoms with E-state index in [1.807, 2.05) is 0 Å². The van der Waals surface area contributed by atoms with Crippen molar-refractivity contribution in [2.45, 2.75) is 43.5 Å². The van der Waals surface area contributed by atoms with Gasteiger partial charge in [-0.2, -0.15) is 0 Å². The van der Waals surface area contributed by atoms with E-state index in [4.69, 9.17) is 0 Å². The molecule has 8 nitrogen and oxygen atoms in total. The lowest BCUT2D eigenvalue weighted by atomic mass is 10.1. The summed E-state index contributed by atoms with van der Waals surface area (Å²) in [6.07, 6.45) is 4.20. The number of H-pyrrole nitrogens is 1. The van der Waals surface area contributed by atoms with Gasteiger partial charge in [0.25, 0.3) is 15.9 Å². The van der Waals surface area contributed by atoms with Crippen LogP contribution in [0.15, 0.2) is 76.4 Å².